The van der Waals surface area contributed by atoms with Gasteiger partial charge in [0.25, 0.3) is 0 Å². The lowest BCUT2D eigenvalue weighted by Gasteiger charge is -2.06. The van der Waals surface area contributed by atoms with Crippen molar-refractivity contribution in [1.29, 1.82) is 0 Å². The third-order valence-electron chi connectivity index (χ3n) is 2.99. The number of rotatable bonds is 1. The van der Waals surface area contributed by atoms with Gasteiger partial charge >= 0.3 is 0 Å². The van der Waals surface area contributed by atoms with Crippen molar-refractivity contribution in [3.63, 3.8) is 0 Å². The van der Waals surface area contributed by atoms with Crippen LogP contribution in [0, 0.1) is 0 Å². The zero-order chi connectivity index (χ0) is 10.8. The van der Waals surface area contributed by atoms with Crippen molar-refractivity contribution in [2.75, 3.05) is 0 Å². The van der Waals surface area contributed by atoms with E-state index in [1.54, 1.807) is 0 Å². The highest BCUT2D eigenvalue weighted by atomic mass is 14.9. The van der Waals surface area contributed by atoms with E-state index in [0.29, 0.717) is 0 Å². The Morgan fingerprint density at radius 1 is 1.47 bits per heavy atom. The molecule has 0 radical (unpaired) electrons. The fourth-order valence-electron chi connectivity index (χ4n) is 2.16. The van der Waals surface area contributed by atoms with E-state index in [1.807, 2.05) is 13.0 Å². The van der Waals surface area contributed by atoms with Gasteiger partial charge in [-0.2, -0.15) is 0 Å². The monoisotopic (exact) mass is 199 g/mol. The van der Waals surface area contributed by atoms with Crippen molar-refractivity contribution < 1.29 is 0 Å². The summed E-state index contributed by atoms with van der Waals surface area (Å²) in [5.41, 5.74) is 2.73. The summed E-state index contributed by atoms with van der Waals surface area (Å²) >= 11 is 0. The van der Waals surface area contributed by atoms with Crippen molar-refractivity contribution in [2.24, 2.45) is 7.05 Å². The highest BCUT2D eigenvalue weighted by molar-refractivity contribution is 5.55. The smallest absolute Gasteiger partial charge is 0.0479 e. The molecule has 0 fully saturated rings. The average molecular weight is 199 g/mol. The fraction of sp³-hybridized carbons (Fsp3) is 0.286. The van der Waals surface area contributed by atoms with Gasteiger partial charge in [0.15, 0.2) is 0 Å². The van der Waals surface area contributed by atoms with E-state index in [4.69, 9.17) is 0 Å². The Kier molecular flexibility index (Phi) is 2.63. The zero-order valence-corrected chi connectivity index (χ0v) is 9.46. The maximum atomic E-state index is 4.19. The molecule has 78 valence electrons. The van der Waals surface area contributed by atoms with E-state index in [9.17, 15) is 0 Å². The minimum absolute atomic E-state index is 1.13. The van der Waals surface area contributed by atoms with Crippen molar-refractivity contribution in [3.8, 4) is 0 Å². The second-order valence-corrected chi connectivity index (χ2v) is 3.92. The summed E-state index contributed by atoms with van der Waals surface area (Å²) in [7, 11) is 2.11. The van der Waals surface area contributed by atoms with Crippen LogP contribution in [0.4, 0.5) is 0 Å². The molecule has 2 rings (SSSR count). The van der Waals surface area contributed by atoms with Gasteiger partial charge in [0.1, 0.15) is 0 Å². The fourth-order valence-corrected chi connectivity index (χ4v) is 2.16. The van der Waals surface area contributed by atoms with Gasteiger partial charge in [-0.1, -0.05) is 24.8 Å². The largest absolute Gasteiger partial charge is 0.344 e. The van der Waals surface area contributed by atoms with Gasteiger partial charge in [-0.3, -0.25) is 0 Å². The molecule has 1 aliphatic carbocycles. The molecule has 0 N–H and O–H groups in total. The molecule has 0 amide bonds. The molecule has 0 aromatic carbocycles. The molecule has 0 saturated heterocycles. The summed E-state index contributed by atoms with van der Waals surface area (Å²) in [5, 5.41) is 2.42. The summed E-state index contributed by atoms with van der Waals surface area (Å²) < 4.78 is 2.23. The Bertz CT molecular complexity index is 527. The number of allylic oxidation sites excluding steroid dienone is 3. The second kappa shape index (κ2) is 3.93. The number of hydrogen-bond acceptors (Lipinski definition) is 0. The van der Waals surface area contributed by atoms with Crippen LogP contribution in [0.1, 0.15) is 24.6 Å². The van der Waals surface area contributed by atoms with Crippen molar-refractivity contribution >= 4 is 18.7 Å². The van der Waals surface area contributed by atoms with Crippen LogP contribution in [-0.2, 0) is 13.5 Å². The Labute approximate surface area is 90.7 Å². The van der Waals surface area contributed by atoms with E-state index >= 15 is 0 Å². The van der Waals surface area contributed by atoms with Gasteiger partial charge < -0.3 is 4.57 Å². The SMILES string of the molecule is C=c1c2c(n(C)/c1=C/C=C\C)C=CCC2. The van der Waals surface area contributed by atoms with Crippen LogP contribution in [0.2, 0.25) is 0 Å². The zero-order valence-electron chi connectivity index (χ0n) is 9.46. The highest BCUT2D eigenvalue weighted by Crippen LogP contribution is 2.13. The first-order valence-corrected chi connectivity index (χ1v) is 5.41. The standard InChI is InChI=1S/C14H17N/c1-4-5-9-13-11(2)12-8-6-7-10-14(12)15(13)3/h4-5,7,9-10H,2,6,8H2,1,3H3/b5-4-,13-9+. The predicted molar refractivity (Wildman–Crippen MR) is 66.8 cm³/mol. The summed E-state index contributed by atoms with van der Waals surface area (Å²) in [6.07, 6.45) is 13.0. The molecule has 0 aliphatic heterocycles. The first kappa shape index (κ1) is 10.0. The molecule has 1 aromatic rings. The molecule has 1 nitrogen and oxygen atoms in total. The Morgan fingerprint density at radius 2 is 2.27 bits per heavy atom. The minimum Gasteiger partial charge on any atom is -0.344 e. The minimum atomic E-state index is 1.13. The third-order valence-corrected chi connectivity index (χ3v) is 2.99. The summed E-state index contributed by atoms with van der Waals surface area (Å²) in [6.45, 7) is 6.22. The summed E-state index contributed by atoms with van der Waals surface area (Å²) in [4.78, 5) is 0. The maximum absolute atomic E-state index is 4.19. The number of nitrogens with zero attached hydrogens (tertiary/aromatic N) is 1. The Hall–Kier alpha value is -1.50. The molecule has 1 aromatic heterocycles. The van der Waals surface area contributed by atoms with Crippen molar-refractivity contribution in [2.45, 2.75) is 19.8 Å². The van der Waals surface area contributed by atoms with Gasteiger partial charge in [0.2, 0.25) is 0 Å². The lowest BCUT2D eigenvalue weighted by molar-refractivity contribution is 0.861. The van der Waals surface area contributed by atoms with Gasteiger partial charge in [-0.25, -0.2) is 0 Å². The molecular formula is C14H17N. The molecular weight excluding hydrogens is 182 g/mol. The molecule has 1 heterocycles. The number of fused-ring (bicyclic) bond motifs is 1. The molecule has 0 bridgehead atoms. The topological polar surface area (TPSA) is 4.93 Å². The van der Waals surface area contributed by atoms with E-state index in [-0.39, 0.29) is 0 Å². The number of hydrogen-bond donors (Lipinski definition) is 0. The Balaban J connectivity index is 2.74. The normalized spacial score (nSPS) is 16.3. The van der Waals surface area contributed by atoms with E-state index in [0.717, 1.165) is 12.8 Å². The van der Waals surface area contributed by atoms with Gasteiger partial charge in [0, 0.05) is 18.1 Å². The van der Waals surface area contributed by atoms with Crippen LogP contribution >= 0.6 is 0 Å². The molecule has 15 heavy (non-hydrogen) atoms. The first-order valence-electron chi connectivity index (χ1n) is 5.41. The predicted octanol–water partition coefficient (Wildman–Crippen LogP) is 1.75. The van der Waals surface area contributed by atoms with Crippen LogP contribution in [0.5, 0.6) is 0 Å². The van der Waals surface area contributed by atoms with E-state index in [2.05, 4.69) is 42.5 Å². The van der Waals surface area contributed by atoms with Gasteiger partial charge in [0.05, 0.1) is 0 Å². The van der Waals surface area contributed by atoms with E-state index < -0.39 is 0 Å². The lowest BCUT2D eigenvalue weighted by atomic mass is 10.0. The molecule has 0 saturated carbocycles. The molecule has 0 unspecified atom stereocenters. The van der Waals surface area contributed by atoms with E-state index in [1.165, 1.54) is 21.8 Å². The summed E-state index contributed by atoms with van der Waals surface area (Å²) in [6, 6.07) is 0. The van der Waals surface area contributed by atoms with Crippen LogP contribution < -0.4 is 10.6 Å². The quantitative estimate of drug-likeness (QED) is 0.649. The molecule has 0 atom stereocenters. The second-order valence-electron chi connectivity index (χ2n) is 3.92. The first-order chi connectivity index (χ1) is 7.25. The number of aromatic nitrogens is 1. The van der Waals surface area contributed by atoms with Gasteiger partial charge in [-0.15, -0.1) is 0 Å². The molecule has 1 aliphatic rings. The van der Waals surface area contributed by atoms with Crippen LogP contribution in [0.25, 0.3) is 18.7 Å². The van der Waals surface area contributed by atoms with Crippen LogP contribution in [-0.4, -0.2) is 4.57 Å². The van der Waals surface area contributed by atoms with Crippen molar-refractivity contribution in [3.05, 3.63) is 40.1 Å². The van der Waals surface area contributed by atoms with Crippen LogP contribution in [0.3, 0.4) is 0 Å². The maximum Gasteiger partial charge on any atom is 0.0479 e. The third kappa shape index (κ3) is 1.58. The molecule has 1 heteroatoms. The summed E-state index contributed by atoms with van der Waals surface area (Å²) in [5.74, 6) is 0. The molecule has 0 spiro atoms. The highest BCUT2D eigenvalue weighted by Gasteiger charge is 2.10. The van der Waals surface area contributed by atoms with Gasteiger partial charge in [-0.05, 0) is 42.7 Å². The van der Waals surface area contributed by atoms with Crippen LogP contribution in [0.15, 0.2) is 18.2 Å². The lowest BCUT2D eigenvalue weighted by Crippen LogP contribution is -2.27. The average Bonchev–Trinajstić information content (AvgIpc) is 2.51. The van der Waals surface area contributed by atoms with Crippen molar-refractivity contribution in [1.82, 2.24) is 4.57 Å². The Morgan fingerprint density at radius 3 is 2.93 bits per heavy atom.